The number of benzene rings is 9. The Morgan fingerprint density at radius 2 is 1.16 bits per heavy atom. The molecule has 0 unspecified atom stereocenters. The van der Waals surface area contributed by atoms with Crippen molar-refractivity contribution in [2.24, 2.45) is 4.99 Å². The summed E-state index contributed by atoms with van der Waals surface area (Å²) in [7, 11) is 0. The Labute approximate surface area is 318 Å². The van der Waals surface area contributed by atoms with Gasteiger partial charge in [0, 0.05) is 22.1 Å². The SMILES string of the molecule is N=C(N=C(/C=C/c1ccc2cc(-c3c4ccccc4cc4c3ccc3ccccc34)ccc2c1)c1cccc(-c2cc3ccccc3o2)c1)c1ccccc1. The van der Waals surface area contributed by atoms with Gasteiger partial charge in [0.25, 0.3) is 0 Å². The second-order valence-electron chi connectivity index (χ2n) is 14.0. The number of hydrogen-bond acceptors (Lipinski definition) is 2. The highest BCUT2D eigenvalue weighted by atomic mass is 16.3. The van der Waals surface area contributed by atoms with Gasteiger partial charge in [-0.15, -0.1) is 0 Å². The topological polar surface area (TPSA) is 49.4 Å². The minimum Gasteiger partial charge on any atom is -0.456 e. The molecule has 0 spiro atoms. The molecule has 0 bridgehead atoms. The van der Waals surface area contributed by atoms with E-state index in [2.05, 4.69) is 127 Å². The zero-order valence-corrected chi connectivity index (χ0v) is 29.9. The van der Waals surface area contributed by atoms with Gasteiger partial charge in [-0.25, -0.2) is 4.99 Å². The lowest BCUT2D eigenvalue weighted by Gasteiger charge is -2.15. The third-order valence-corrected chi connectivity index (χ3v) is 10.5. The molecule has 0 amide bonds. The van der Waals surface area contributed by atoms with Crippen molar-refractivity contribution >= 4 is 71.7 Å². The number of aliphatic imine (C=N–C) groups is 1. The molecule has 0 atom stereocenters. The molecule has 0 aliphatic heterocycles. The molecule has 10 aromatic rings. The Morgan fingerprint density at radius 1 is 0.455 bits per heavy atom. The molecule has 0 fully saturated rings. The van der Waals surface area contributed by atoms with Crippen LogP contribution >= 0.6 is 0 Å². The van der Waals surface area contributed by atoms with E-state index in [1.165, 1.54) is 48.8 Å². The zero-order chi connectivity index (χ0) is 36.7. The number of furan rings is 1. The summed E-state index contributed by atoms with van der Waals surface area (Å²) in [4.78, 5) is 4.87. The summed E-state index contributed by atoms with van der Waals surface area (Å²) in [5.41, 5.74) is 7.67. The van der Waals surface area contributed by atoms with E-state index in [4.69, 9.17) is 14.8 Å². The third kappa shape index (κ3) is 6.08. The standard InChI is InChI=1S/C52H34N2O/c53-52(36-12-2-1-3-13-36)54-48(40-16-10-17-41(31-40)50-33-42-15-6-9-20-49(42)55-50)28-22-34-21-23-38-30-43(25-24-37(38)29-34)51-45-19-8-5-14-39(45)32-47-44-18-7-4-11-35(44)26-27-46(47)51/h1-33,53H/b28-22+,53-52?,54-48?. The molecule has 0 saturated carbocycles. The lowest BCUT2D eigenvalue weighted by atomic mass is 9.89. The van der Waals surface area contributed by atoms with Crippen LogP contribution in [0.1, 0.15) is 16.7 Å². The van der Waals surface area contributed by atoms with Crippen LogP contribution in [0.3, 0.4) is 0 Å². The molecule has 55 heavy (non-hydrogen) atoms. The van der Waals surface area contributed by atoms with Gasteiger partial charge in [-0.2, -0.15) is 0 Å². The molecule has 1 aromatic heterocycles. The van der Waals surface area contributed by atoms with Crippen LogP contribution < -0.4 is 0 Å². The Hall–Kier alpha value is -7.36. The molecule has 1 heterocycles. The van der Waals surface area contributed by atoms with Crippen LogP contribution in [0.4, 0.5) is 0 Å². The van der Waals surface area contributed by atoms with Crippen LogP contribution in [0.2, 0.25) is 0 Å². The van der Waals surface area contributed by atoms with E-state index in [0.29, 0.717) is 5.71 Å². The van der Waals surface area contributed by atoms with Gasteiger partial charge in [0.05, 0.1) is 5.71 Å². The Morgan fingerprint density at radius 3 is 2.04 bits per heavy atom. The highest BCUT2D eigenvalue weighted by Crippen LogP contribution is 2.40. The summed E-state index contributed by atoms with van der Waals surface area (Å²) in [6.07, 6.45) is 4.10. The molecule has 10 rings (SSSR count). The maximum absolute atomic E-state index is 8.88. The molecule has 3 heteroatoms. The number of nitrogens with zero attached hydrogens (tertiary/aromatic N) is 1. The van der Waals surface area contributed by atoms with Crippen molar-refractivity contribution in [3.63, 3.8) is 0 Å². The fraction of sp³-hybridized carbons (Fsp3) is 0. The zero-order valence-electron chi connectivity index (χ0n) is 29.9. The van der Waals surface area contributed by atoms with Crippen molar-refractivity contribution < 1.29 is 4.42 Å². The lowest BCUT2D eigenvalue weighted by molar-refractivity contribution is 0.631. The van der Waals surface area contributed by atoms with Crippen LogP contribution in [0.25, 0.3) is 82.6 Å². The molecule has 258 valence electrons. The first-order valence-electron chi connectivity index (χ1n) is 18.5. The number of allylic oxidation sites excluding steroid dienone is 1. The second-order valence-corrected chi connectivity index (χ2v) is 14.0. The molecular formula is C52H34N2O. The van der Waals surface area contributed by atoms with E-state index in [1.807, 2.05) is 72.8 Å². The number of hydrogen-bond donors (Lipinski definition) is 1. The van der Waals surface area contributed by atoms with E-state index in [-0.39, 0.29) is 5.84 Å². The number of rotatable bonds is 6. The molecule has 1 N–H and O–H groups in total. The molecule has 9 aromatic carbocycles. The fourth-order valence-corrected chi connectivity index (χ4v) is 7.76. The summed E-state index contributed by atoms with van der Waals surface area (Å²) >= 11 is 0. The maximum atomic E-state index is 8.88. The summed E-state index contributed by atoms with van der Waals surface area (Å²) in [5.74, 6) is 0.998. The van der Waals surface area contributed by atoms with Gasteiger partial charge in [-0.1, -0.05) is 158 Å². The number of amidine groups is 1. The Balaban J connectivity index is 1.03. The third-order valence-electron chi connectivity index (χ3n) is 10.5. The Kier molecular flexibility index (Phi) is 7.96. The minimum absolute atomic E-state index is 0.203. The number of para-hydroxylation sites is 1. The van der Waals surface area contributed by atoms with Gasteiger partial charge in [-0.05, 0) is 102 Å². The van der Waals surface area contributed by atoms with E-state index < -0.39 is 0 Å². The number of nitrogens with one attached hydrogen (secondary N) is 1. The van der Waals surface area contributed by atoms with Gasteiger partial charge >= 0.3 is 0 Å². The maximum Gasteiger partial charge on any atom is 0.152 e. The monoisotopic (exact) mass is 702 g/mol. The van der Waals surface area contributed by atoms with Crippen LogP contribution in [-0.2, 0) is 0 Å². The van der Waals surface area contributed by atoms with Gasteiger partial charge in [0.1, 0.15) is 11.3 Å². The van der Waals surface area contributed by atoms with Crippen LogP contribution in [0.15, 0.2) is 204 Å². The predicted molar refractivity (Wildman–Crippen MR) is 232 cm³/mol. The first kappa shape index (κ1) is 32.3. The first-order valence-corrected chi connectivity index (χ1v) is 18.5. The van der Waals surface area contributed by atoms with Gasteiger partial charge in [-0.3, -0.25) is 5.41 Å². The van der Waals surface area contributed by atoms with E-state index in [1.54, 1.807) is 0 Å². The normalized spacial score (nSPS) is 12.1. The van der Waals surface area contributed by atoms with Crippen LogP contribution in [0, 0.1) is 5.41 Å². The van der Waals surface area contributed by atoms with Crippen molar-refractivity contribution in [1.82, 2.24) is 0 Å². The van der Waals surface area contributed by atoms with Crippen molar-refractivity contribution in [2.45, 2.75) is 0 Å². The minimum atomic E-state index is 0.203. The molecule has 3 nitrogen and oxygen atoms in total. The summed E-state index contributed by atoms with van der Waals surface area (Å²) < 4.78 is 6.20. The van der Waals surface area contributed by atoms with Crippen molar-refractivity contribution in [3.8, 4) is 22.5 Å². The lowest BCUT2D eigenvalue weighted by Crippen LogP contribution is -2.04. The summed E-state index contributed by atoms with van der Waals surface area (Å²) in [6, 6.07) is 65.5. The summed E-state index contributed by atoms with van der Waals surface area (Å²) in [5, 5.41) is 19.8. The average molecular weight is 703 g/mol. The average Bonchev–Trinajstić information content (AvgIpc) is 3.69. The second kappa shape index (κ2) is 13.6. The smallest absolute Gasteiger partial charge is 0.152 e. The fourth-order valence-electron chi connectivity index (χ4n) is 7.76. The quantitative estimate of drug-likeness (QED) is 0.0797. The van der Waals surface area contributed by atoms with E-state index in [0.717, 1.165) is 44.4 Å². The first-order chi connectivity index (χ1) is 27.1. The molecule has 0 aliphatic rings. The van der Waals surface area contributed by atoms with Gasteiger partial charge < -0.3 is 4.42 Å². The molecule has 0 saturated heterocycles. The molecule has 0 radical (unpaired) electrons. The largest absolute Gasteiger partial charge is 0.456 e. The highest BCUT2D eigenvalue weighted by molar-refractivity contribution is 6.21. The summed E-state index contributed by atoms with van der Waals surface area (Å²) in [6.45, 7) is 0. The van der Waals surface area contributed by atoms with Gasteiger partial charge in [0.2, 0.25) is 0 Å². The van der Waals surface area contributed by atoms with Crippen LogP contribution in [0.5, 0.6) is 0 Å². The molecule has 0 aliphatic carbocycles. The van der Waals surface area contributed by atoms with E-state index >= 15 is 0 Å². The van der Waals surface area contributed by atoms with Crippen molar-refractivity contribution in [3.05, 3.63) is 211 Å². The number of fused-ring (bicyclic) bond motifs is 6. The van der Waals surface area contributed by atoms with Crippen molar-refractivity contribution in [1.29, 1.82) is 5.41 Å². The van der Waals surface area contributed by atoms with Crippen molar-refractivity contribution in [2.75, 3.05) is 0 Å². The van der Waals surface area contributed by atoms with E-state index in [9.17, 15) is 0 Å². The Bertz CT molecular complexity index is 3130. The highest BCUT2D eigenvalue weighted by Gasteiger charge is 2.14. The molecular weight excluding hydrogens is 669 g/mol. The predicted octanol–water partition coefficient (Wildman–Crippen LogP) is 13.9. The van der Waals surface area contributed by atoms with Gasteiger partial charge in [0.15, 0.2) is 5.84 Å². The van der Waals surface area contributed by atoms with Crippen LogP contribution in [-0.4, -0.2) is 11.5 Å².